The highest BCUT2D eigenvalue weighted by Gasteiger charge is 2.12. The minimum atomic E-state index is 0.655. The second-order valence-electron chi connectivity index (χ2n) is 2.01. The Morgan fingerprint density at radius 1 is 1.50 bits per heavy atom. The number of hydrogen-bond donors (Lipinski definition) is 0. The molecule has 0 unspecified atom stereocenters. The molecule has 0 saturated carbocycles. The van der Waals surface area contributed by atoms with Crippen LogP contribution in [0.3, 0.4) is 0 Å². The fourth-order valence-electron chi connectivity index (χ4n) is 0.848. The third-order valence-corrected chi connectivity index (χ3v) is 1.34. The van der Waals surface area contributed by atoms with E-state index in [9.17, 15) is 0 Å². The average molecular weight is 138 g/mol. The summed E-state index contributed by atoms with van der Waals surface area (Å²) in [5.74, 6) is 0. The van der Waals surface area contributed by atoms with Crippen molar-refractivity contribution in [1.82, 2.24) is 5.16 Å². The minimum absolute atomic E-state index is 0.655. The van der Waals surface area contributed by atoms with Crippen LogP contribution in [0.2, 0.25) is 0 Å². The van der Waals surface area contributed by atoms with Crippen molar-refractivity contribution in [2.75, 3.05) is 6.61 Å². The average Bonchev–Trinajstić information content (AvgIpc) is 2.59. The van der Waals surface area contributed by atoms with Gasteiger partial charge in [-0.05, 0) is 0 Å². The summed E-state index contributed by atoms with van der Waals surface area (Å²) < 4.78 is 4.64. The first-order valence-electron chi connectivity index (χ1n) is 3.06. The summed E-state index contributed by atoms with van der Waals surface area (Å²) in [7, 11) is 0. The highest BCUT2D eigenvalue weighted by atomic mass is 16.6. The van der Waals surface area contributed by atoms with Crippen LogP contribution in [0.25, 0.3) is 0 Å². The van der Waals surface area contributed by atoms with Gasteiger partial charge in [-0.1, -0.05) is 10.3 Å². The predicted molar refractivity (Wildman–Crippen MR) is 33.6 cm³/mol. The highest BCUT2D eigenvalue weighted by molar-refractivity contribution is 5.99. The molecule has 2 heterocycles. The van der Waals surface area contributed by atoms with Crippen LogP contribution in [0.4, 0.5) is 0 Å². The van der Waals surface area contributed by atoms with Crippen LogP contribution in [0, 0.1) is 0 Å². The maximum Gasteiger partial charge on any atom is 0.131 e. The third-order valence-electron chi connectivity index (χ3n) is 1.34. The van der Waals surface area contributed by atoms with E-state index in [1.807, 2.05) is 0 Å². The molecule has 0 saturated heterocycles. The van der Waals surface area contributed by atoms with Crippen LogP contribution in [-0.2, 0) is 4.84 Å². The van der Waals surface area contributed by atoms with Crippen LogP contribution in [-0.4, -0.2) is 17.5 Å². The molecule has 0 atom stereocenters. The van der Waals surface area contributed by atoms with E-state index in [2.05, 4.69) is 14.8 Å². The molecule has 52 valence electrons. The number of oxime groups is 1. The Balaban J connectivity index is 2.28. The van der Waals surface area contributed by atoms with Gasteiger partial charge in [0.15, 0.2) is 0 Å². The Kier molecular flexibility index (Phi) is 1.16. The second-order valence-corrected chi connectivity index (χ2v) is 2.01. The van der Waals surface area contributed by atoms with E-state index in [1.54, 1.807) is 6.07 Å². The normalized spacial score (nSPS) is 16.6. The fourth-order valence-corrected chi connectivity index (χ4v) is 0.848. The van der Waals surface area contributed by atoms with Crippen molar-refractivity contribution in [3.8, 4) is 0 Å². The van der Waals surface area contributed by atoms with Gasteiger partial charge in [-0.25, -0.2) is 0 Å². The van der Waals surface area contributed by atoms with Crippen molar-refractivity contribution in [1.29, 1.82) is 0 Å². The van der Waals surface area contributed by atoms with Crippen molar-refractivity contribution in [3.05, 3.63) is 18.0 Å². The summed E-state index contributed by atoms with van der Waals surface area (Å²) >= 11 is 0. The molecule has 1 aliphatic rings. The van der Waals surface area contributed by atoms with Crippen LogP contribution in [0.1, 0.15) is 12.1 Å². The van der Waals surface area contributed by atoms with Gasteiger partial charge in [-0.2, -0.15) is 0 Å². The monoisotopic (exact) mass is 138 g/mol. The quantitative estimate of drug-likeness (QED) is 0.576. The lowest BCUT2D eigenvalue weighted by molar-refractivity contribution is 0.174. The summed E-state index contributed by atoms with van der Waals surface area (Å²) in [6.07, 6.45) is 2.35. The molecule has 1 aromatic rings. The molecule has 0 N–H and O–H groups in total. The molecular weight excluding hydrogens is 132 g/mol. The predicted octanol–water partition coefficient (Wildman–Crippen LogP) is 0.799. The highest BCUT2D eigenvalue weighted by Crippen LogP contribution is 2.07. The van der Waals surface area contributed by atoms with E-state index in [-0.39, 0.29) is 0 Å². The maximum atomic E-state index is 4.79. The smallest absolute Gasteiger partial charge is 0.131 e. The molecular formula is C6H6N2O2. The third kappa shape index (κ3) is 0.775. The molecule has 0 aliphatic carbocycles. The maximum absolute atomic E-state index is 4.79. The van der Waals surface area contributed by atoms with Gasteiger partial charge in [0, 0.05) is 12.5 Å². The van der Waals surface area contributed by atoms with E-state index in [1.165, 1.54) is 6.26 Å². The summed E-state index contributed by atoms with van der Waals surface area (Å²) in [4.78, 5) is 4.79. The lowest BCUT2D eigenvalue weighted by Gasteiger charge is -1.83. The van der Waals surface area contributed by atoms with Gasteiger partial charge in [0.1, 0.15) is 24.3 Å². The van der Waals surface area contributed by atoms with E-state index in [0.717, 1.165) is 17.8 Å². The van der Waals surface area contributed by atoms with Crippen LogP contribution < -0.4 is 0 Å². The van der Waals surface area contributed by atoms with Crippen molar-refractivity contribution < 1.29 is 9.36 Å². The number of rotatable bonds is 1. The van der Waals surface area contributed by atoms with Crippen LogP contribution in [0.15, 0.2) is 22.0 Å². The number of hydrogen-bond acceptors (Lipinski definition) is 4. The van der Waals surface area contributed by atoms with Crippen molar-refractivity contribution in [2.24, 2.45) is 5.16 Å². The molecule has 4 heteroatoms. The standard InChI is InChI=1S/C6H6N2O2/c1-3-9-7-5(1)6-2-4-10-8-6/h1,3H,2,4H2. The molecule has 0 spiro atoms. The van der Waals surface area contributed by atoms with Gasteiger partial charge < -0.3 is 9.36 Å². The number of aromatic nitrogens is 1. The number of nitrogens with zero attached hydrogens (tertiary/aromatic N) is 2. The van der Waals surface area contributed by atoms with Gasteiger partial charge in [0.05, 0.1) is 0 Å². The fraction of sp³-hybridized carbons (Fsp3) is 0.333. The van der Waals surface area contributed by atoms with Crippen LogP contribution in [0.5, 0.6) is 0 Å². The molecule has 2 rings (SSSR count). The van der Waals surface area contributed by atoms with Gasteiger partial charge >= 0.3 is 0 Å². The summed E-state index contributed by atoms with van der Waals surface area (Å²) in [6.45, 7) is 0.655. The molecule has 0 amide bonds. The molecule has 0 bridgehead atoms. The zero-order valence-electron chi connectivity index (χ0n) is 5.28. The molecule has 0 radical (unpaired) electrons. The Hall–Kier alpha value is -1.32. The first kappa shape index (κ1) is 5.46. The Morgan fingerprint density at radius 3 is 3.10 bits per heavy atom. The zero-order chi connectivity index (χ0) is 6.81. The van der Waals surface area contributed by atoms with E-state index >= 15 is 0 Å². The molecule has 1 aliphatic heterocycles. The molecule has 4 nitrogen and oxygen atoms in total. The van der Waals surface area contributed by atoms with Crippen LogP contribution >= 0.6 is 0 Å². The van der Waals surface area contributed by atoms with Gasteiger partial charge in [0.2, 0.25) is 0 Å². The van der Waals surface area contributed by atoms with Gasteiger partial charge in [0.25, 0.3) is 0 Å². The van der Waals surface area contributed by atoms with E-state index in [0.29, 0.717) is 6.61 Å². The van der Waals surface area contributed by atoms with E-state index < -0.39 is 0 Å². The van der Waals surface area contributed by atoms with Crippen molar-refractivity contribution >= 4 is 5.71 Å². The molecule has 0 fully saturated rings. The Labute approximate surface area is 57.4 Å². The SMILES string of the molecule is c1cc(C2=NOCC2)no1. The summed E-state index contributed by atoms with van der Waals surface area (Å²) in [5.41, 5.74) is 1.64. The lowest BCUT2D eigenvalue weighted by Crippen LogP contribution is -1.96. The van der Waals surface area contributed by atoms with Gasteiger partial charge in [-0.15, -0.1) is 0 Å². The Bertz CT molecular complexity index is 240. The largest absolute Gasteiger partial charge is 0.395 e. The molecule has 1 aromatic heterocycles. The first-order valence-corrected chi connectivity index (χ1v) is 3.06. The zero-order valence-corrected chi connectivity index (χ0v) is 5.28. The lowest BCUT2D eigenvalue weighted by atomic mass is 10.2. The molecule has 0 aromatic carbocycles. The second kappa shape index (κ2) is 2.13. The molecule has 10 heavy (non-hydrogen) atoms. The first-order chi connectivity index (χ1) is 4.97. The topological polar surface area (TPSA) is 47.6 Å². The Morgan fingerprint density at radius 2 is 2.50 bits per heavy atom. The van der Waals surface area contributed by atoms with Gasteiger partial charge in [-0.3, -0.25) is 0 Å². The summed E-state index contributed by atoms with van der Waals surface area (Å²) in [5, 5.41) is 7.48. The van der Waals surface area contributed by atoms with Crippen molar-refractivity contribution in [3.63, 3.8) is 0 Å². The van der Waals surface area contributed by atoms with Crippen molar-refractivity contribution in [2.45, 2.75) is 6.42 Å². The minimum Gasteiger partial charge on any atom is -0.395 e. The van der Waals surface area contributed by atoms with E-state index in [4.69, 9.17) is 4.84 Å². The summed E-state index contributed by atoms with van der Waals surface area (Å²) in [6, 6.07) is 1.77.